The summed E-state index contributed by atoms with van der Waals surface area (Å²) in [5.74, 6) is 2.10. The Kier molecular flexibility index (Phi) is 8.39. The van der Waals surface area contributed by atoms with Crippen LogP contribution in [0.4, 0.5) is 10.2 Å². The highest BCUT2D eigenvalue weighted by Crippen LogP contribution is 2.52. The van der Waals surface area contributed by atoms with E-state index in [-0.39, 0.29) is 23.1 Å². The molecule has 4 heterocycles. The van der Waals surface area contributed by atoms with Crippen molar-refractivity contribution in [3.8, 4) is 22.8 Å². The number of halogens is 1. The smallest absolute Gasteiger partial charge is 0.250 e. The molecule has 2 aliphatic heterocycles. The second-order valence-corrected chi connectivity index (χ2v) is 15.6. The maximum absolute atomic E-state index is 14.8. The van der Waals surface area contributed by atoms with E-state index in [0.717, 1.165) is 88.8 Å². The SMILES string of the molecule is Cn1c(-c2cc(F)ccc2Oc2cncnc2N2CC3(CCNCC3)C2CC2CCC(NS(C)(=O)=O)CC2)c(C2CC2)ccc1=O. The molecule has 0 amide bonds. The lowest BCUT2D eigenvalue weighted by molar-refractivity contribution is 0.0590. The normalized spacial score (nSPS) is 24.5. The van der Waals surface area contributed by atoms with Gasteiger partial charge in [0.15, 0.2) is 11.6 Å². The van der Waals surface area contributed by atoms with E-state index >= 15 is 0 Å². The molecule has 0 radical (unpaired) electrons. The van der Waals surface area contributed by atoms with Crippen LogP contribution in [-0.4, -0.2) is 60.9 Å². The Bertz CT molecular complexity index is 1760. The molecular formula is C34H43FN6O4S. The summed E-state index contributed by atoms with van der Waals surface area (Å²) in [4.78, 5) is 24.2. The zero-order chi connectivity index (χ0) is 32.1. The molecule has 4 fully saturated rings. The number of aromatic nitrogens is 3. The van der Waals surface area contributed by atoms with Crippen molar-refractivity contribution in [1.29, 1.82) is 0 Å². The molecule has 1 aromatic carbocycles. The molecular weight excluding hydrogens is 607 g/mol. The number of hydrogen-bond acceptors (Lipinski definition) is 8. The van der Waals surface area contributed by atoms with E-state index in [9.17, 15) is 17.6 Å². The maximum Gasteiger partial charge on any atom is 0.250 e. The molecule has 46 heavy (non-hydrogen) atoms. The molecule has 7 rings (SSSR count). The molecule has 2 N–H and O–H groups in total. The molecule has 3 aromatic rings. The number of hydrogen-bond donors (Lipinski definition) is 2. The Labute approximate surface area is 269 Å². The summed E-state index contributed by atoms with van der Waals surface area (Å²) in [5.41, 5.74) is 2.26. The second-order valence-electron chi connectivity index (χ2n) is 13.9. The Morgan fingerprint density at radius 3 is 2.54 bits per heavy atom. The Balaban J connectivity index is 1.18. The van der Waals surface area contributed by atoms with Crippen LogP contribution in [0.5, 0.6) is 11.5 Å². The third kappa shape index (κ3) is 6.31. The van der Waals surface area contributed by atoms with E-state index in [2.05, 4.69) is 19.9 Å². The standard InChI is InChI=1S/C34H43FN6O4S/c1-40-31(42)12-10-26(23-5-6-23)32(40)27-18-24(35)7-11-28(27)45-29-19-37-21-38-33(29)41-20-34(13-15-36-16-14-34)30(41)17-22-3-8-25(9-4-22)39-46(2,43)44/h7,10-12,18-19,21-23,25,30,36,39H,3-6,8-9,13-17,20H2,1-2H3. The van der Waals surface area contributed by atoms with Crippen LogP contribution in [0.15, 0.2) is 47.7 Å². The van der Waals surface area contributed by atoms with Gasteiger partial charge in [0.25, 0.3) is 5.56 Å². The van der Waals surface area contributed by atoms with Crippen molar-refractivity contribution in [1.82, 2.24) is 24.6 Å². The predicted molar refractivity (Wildman–Crippen MR) is 175 cm³/mol. The fourth-order valence-electron chi connectivity index (χ4n) is 8.13. The third-order valence-corrected chi connectivity index (χ3v) is 11.4. The van der Waals surface area contributed by atoms with Crippen molar-refractivity contribution in [2.24, 2.45) is 18.4 Å². The lowest BCUT2D eigenvalue weighted by Crippen LogP contribution is -2.68. The number of nitrogens with zero attached hydrogens (tertiary/aromatic N) is 4. The molecule has 2 aliphatic carbocycles. The van der Waals surface area contributed by atoms with Gasteiger partial charge in [-0.3, -0.25) is 4.79 Å². The largest absolute Gasteiger partial charge is 0.451 e. The fourth-order valence-corrected chi connectivity index (χ4v) is 8.97. The minimum Gasteiger partial charge on any atom is -0.451 e. The fraction of sp³-hybridized carbons (Fsp3) is 0.559. The van der Waals surface area contributed by atoms with Crippen molar-refractivity contribution in [3.63, 3.8) is 0 Å². The van der Waals surface area contributed by atoms with E-state index in [0.29, 0.717) is 34.6 Å². The number of sulfonamides is 1. The third-order valence-electron chi connectivity index (χ3n) is 10.7. The van der Waals surface area contributed by atoms with Crippen LogP contribution >= 0.6 is 0 Å². The second kappa shape index (κ2) is 12.4. The first kappa shape index (κ1) is 31.3. The molecule has 1 atom stereocenters. The minimum atomic E-state index is -3.22. The molecule has 0 bridgehead atoms. The van der Waals surface area contributed by atoms with Gasteiger partial charge < -0.3 is 19.5 Å². The first-order valence-corrected chi connectivity index (χ1v) is 18.4. The Hall–Kier alpha value is -3.35. The van der Waals surface area contributed by atoms with Crippen LogP contribution in [0.3, 0.4) is 0 Å². The van der Waals surface area contributed by atoms with Gasteiger partial charge in [0.2, 0.25) is 10.0 Å². The van der Waals surface area contributed by atoms with Crippen molar-refractivity contribution in [3.05, 3.63) is 64.6 Å². The van der Waals surface area contributed by atoms with E-state index < -0.39 is 15.8 Å². The lowest BCUT2D eigenvalue weighted by Gasteiger charge is -2.61. The molecule has 246 valence electrons. The summed E-state index contributed by atoms with van der Waals surface area (Å²) in [6.07, 6.45) is 13.4. The quantitative estimate of drug-likeness (QED) is 0.342. The number of pyridine rings is 1. The van der Waals surface area contributed by atoms with Crippen LogP contribution < -0.4 is 25.2 Å². The molecule has 1 spiro atoms. The Morgan fingerprint density at radius 1 is 1.07 bits per heavy atom. The lowest BCUT2D eigenvalue weighted by atomic mass is 9.62. The average Bonchev–Trinajstić information content (AvgIpc) is 3.88. The summed E-state index contributed by atoms with van der Waals surface area (Å²) >= 11 is 0. The van der Waals surface area contributed by atoms with E-state index in [1.54, 1.807) is 36.3 Å². The zero-order valence-corrected chi connectivity index (χ0v) is 27.4. The number of piperidine rings is 1. The van der Waals surface area contributed by atoms with Crippen molar-refractivity contribution in [2.45, 2.75) is 75.8 Å². The van der Waals surface area contributed by atoms with Crippen LogP contribution in [0.2, 0.25) is 0 Å². The molecule has 12 heteroatoms. The molecule has 4 aliphatic rings. The maximum atomic E-state index is 14.8. The average molecular weight is 651 g/mol. The van der Waals surface area contributed by atoms with Crippen LogP contribution in [0.1, 0.15) is 69.3 Å². The first-order valence-electron chi connectivity index (χ1n) is 16.5. The van der Waals surface area contributed by atoms with Gasteiger partial charge in [0.1, 0.15) is 17.9 Å². The van der Waals surface area contributed by atoms with Crippen molar-refractivity contribution >= 4 is 15.8 Å². The van der Waals surface area contributed by atoms with Gasteiger partial charge >= 0.3 is 0 Å². The van der Waals surface area contributed by atoms with Gasteiger partial charge in [-0.1, -0.05) is 6.07 Å². The van der Waals surface area contributed by atoms with E-state index in [1.165, 1.54) is 18.4 Å². The van der Waals surface area contributed by atoms with Gasteiger partial charge in [0, 0.05) is 42.7 Å². The molecule has 2 aromatic heterocycles. The van der Waals surface area contributed by atoms with Crippen LogP contribution in [0.25, 0.3) is 11.3 Å². The topological polar surface area (TPSA) is 118 Å². The van der Waals surface area contributed by atoms with Crippen LogP contribution in [-0.2, 0) is 17.1 Å². The number of nitrogens with one attached hydrogen (secondary N) is 2. The molecule has 1 unspecified atom stereocenters. The summed E-state index contributed by atoms with van der Waals surface area (Å²) in [7, 11) is -1.49. The summed E-state index contributed by atoms with van der Waals surface area (Å²) in [6.45, 7) is 2.84. The number of anilines is 1. The van der Waals surface area contributed by atoms with Gasteiger partial charge in [-0.15, -0.1) is 0 Å². The number of rotatable bonds is 9. The number of benzene rings is 1. The molecule has 2 saturated heterocycles. The summed E-state index contributed by atoms with van der Waals surface area (Å²) in [5, 5.41) is 3.52. The summed E-state index contributed by atoms with van der Waals surface area (Å²) in [6, 6.07) is 8.18. The first-order chi connectivity index (χ1) is 22.1. The van der Waals surface area contributed by atoms with Gasteiger partial charge in [-0.2, -0.15) is 0 Å². The van der Waals surface area contributed by atoms with Crippen molar-refractivity contribution in [2.75, 3.05) is 30.8 Å². The van der Waals surface area contributed by atoms with Gasteiger partial charge in [-0.05, 0) is 106 Å². The van der Waals surface area contributed by atoms with E-state index in [4.69, 9.17) is 9.72 Å². The van der Waals surface area contributed by atoms with Gasteiger partial charge in [0.05, 0.1) is 18.1 Å². The van der Waals surface area contributed by atoms with Crippen LogP contribution in [0, 0.1) is 17.2 Å². The highest BCUT2D eigenvalue weighted by Gasteiger charge is 2.54. The zero-order valence-electron chi connectivity index (χ0n) is 26.5. The Morgan fingerprint density at radius 2 is 1.83 bits per heavy atom. The van der Waals surface area contributed by atoms with Crippen molar-refractivity contribution < 1.29 is 17.5 Å². The molecule has 2 saturated carbocycles. The highest BCUT2D eigenvalue weighted by atomic mass is 32.2. The minimum absolute atomic E-state index is 0.00731. The molecule has 10 nitrogen and oxygen atoms in total. The van der Waals surface area contributed by atoms with Gasteiger partial charge in [-0.25, -0.2) is 27.5 Å². The predicted octanol–water partition coefficient (Wildman–Crippen LogP) is 4.71. The number of ether oxygens (including phenoxy) is 1. The highest BCUT2D eigenvalue weighted by molar-refractivity contribution is 7.88. The van der Waals surface area contributed by atoms with E-state index in [1.807, 2.05) is 6.07 Å². The summed E-state index contributed by atoms with van der Waals surface area (Å²) < 4.78 is 49.4. The monoisotopic (exact) mass is 650 g/mol.